The maximum atomic E-state index is 13.4. The molecule has 0 saturated carbocycles. The highest BCUT2D eigenvalue weighted by molar-refractivity contribution is 7.89. The molecule has 9 heteroatoms. The van der Waals surface area contributed by atoms with Crippen molar-refractivity contribution >= 4 is 15.9 Å². The van der Waals surface area contributed by atoms with Gasteiger partial charge < -0.3 is 10.1 Å². The van der Waals surface area contributed by atoms with Crippen LogP contribution < -0.4 is 5.32 Å². The minimum atomic E-state index is -3.53. The van der Waals surface area contributed by atoms with Crippen LogP contribution in [0.2, 0.25) is 0 Å². The molecule has 2 fully saturated rings. The number of nitrogens with zero attached hydrogens (tertiary/aromatic N) is 2. The van der Waals surface area contributed by atoms with Crippen molar-refractivity contribution in [1.82, 2.24) is 14.5 Å². The first-order valence-electron chi connectivity index (χ1n) is 11.4. The first-order valence-corrected chi connectivity index (χ1v) is 12.8. The molecule has 0 aliphatic carbocycles. The molecular formula is C24H30FN3O4S. The Bertz CT molecular complexity index is 1030. The molecule has 0 spiro atoms. The molecule has 0 bridgehead atoms. The highest BCUT2D eigenvalue weighted by atomic mass is 32.2. The van der Waals surface area contributed by atoms with Gasteiger partial charge in [0.05, 0.1) is 24.2 Å². The number of amides is 1. The predicted molar refractivity (Wildman–Crippen MR) is 123 cm³/mol. The van der Waals surface area contributed by atoms with Crippen molar-refractivity contribution in [2.75, 3.05) is 45.9 Å². The van der Waals surface area contributed by atoms with Gasteiger partial charge in [-0.3, -0.25) is 9.69 Å². The van der Waals surface area contributed by atoms with Crippen LogP contribution in [0.25, 0.3) is 0 Å². The summed E-state index contributed by atoms with van der Waals surface area (Å²) >= 11 is 0. The first kappa shape index (κ1) is 23.8. The Hall–Kier alpha value is -2.33. The zero-order valence-electron chi connectivity index (χ0n) is 18.6. The molecule has 2 saturated heterocycles. The molecule has 1 N–H and O–H groups in total. The lowest BCUT2D eigenvalue weighted by Crippen LogP contribution is -2.43. The lowest BCUT2D eigenvalue weighted by atomic mass is 10.0. The smallest absolute Gasteiger partial charge is 0.251 e. The molecule has 2 heterocycles. The number of ether oxygens (including phenoxy) is 1. The molecule has 7 nitrogen and oxygen atoms in total. The van der Waals surface area contributed by atoms with E-state index < -0.39 is 10.0 Å². The lowest BCUT2D eigenvalue weighted by molar-refractivity contribution is 0.0162. The highest BCUT2D eigenvalue weighted by Crippen LogP contribution is 2.23. The van der Waals surface area contributed by atoms with Crippen LogP contribution in [0.1, 0.15) is 41.2 Å². The molecule has 4 rings (SSSR count). The number of nitrogens with one attached hydrogen (secondary N) is 1. The number of benzene rings is 2. The molecular weight excluding hydrogens is 445 g/mol. The second-order valence-corrected chi connectivity index (χ2v) is 10.4. The van der Waals surface area contributed by atoms with Gasteiger partial charge in [0, 0.05) is 38.3 Å². The Morgan fingerprint density at radius 1 is 0.939 bits per heavy atom. The summed E-state index contributed by atoms with van der Waals surface area (Å²) in [4.78, 5) is 15.2. The fourth-order valence-electron chi connectivity index (χ4n) is 4.36. The largest absolute Gasteiger partial charge is 0.379 e. The molecule has 1 atom stereocenters. The lowest BCUT2D eigenvalue weighted by Gasteiger charge is -2.35. The summed E-state index contributed by atoms with van der Waals surface area (Å²) < 4.78 is 46.0. The Kier molecular flexibility index (Phi) is 7.75. The zero-order chi connectivity index (χ0) is 23.3. The van der Waals surface area contributed by atoms with E-state index in [1.54, 1.807) is 24.3 Å². The number of carbonyl (C=O) groups excluding carboxylic acids is 1. The van der Waals surface area contributed by atoms with Gasteiger partial charge in [-0.2, -0.15) is 4.31 Å². The monoisotopic (exact) mass is 475 g/mol. The third-order valence-electron chi connectivity index (χ3n) is 6.27. The number of sulfonamides is 1. The molecule has 0 unspecified atom stereocenters. The summed E-state index contributed by atoms with van der Waals surface area (Å²) in [5, 5.41) is 2.96. The standard InChI is InChI=1S/C24H30FN3O4S/c25-21-8-4-19(5-9-21)23(27-14-16-32-17-15-27)18-26-24(29)20-6-10-22(11-7-20)33(30,31)28-12-2-1-3-13-28/h4-11,23H,1-3,12-18H2,(H,26,29)/t23-/m0/s1. The number of halogens is 1. The molecule has 33 heavy (non-hydrogen) atoms. The Balaban J connectivity index is 1.43. The SMILES string of the molecule is O=C(NC[C@@H](c1ccc(F)cc1)N1CCOCC1)c1ccc(S(=O)(=O)N2CCCCC2)cc1. The van der Waals surface area contributed by atoms with Gasteiger partial charge in [-0.05, 0) is 54.8 Å². The van der Waals surface area contributed by atoms with Gasteiger partial charge in [-0.15, -0.1) is 0 Å². The van der Waals surface area contributed by atoms with Crippen LogP contribution in [0.15, 0.2) is 53.4 Å². The van der Waals surface area contributed by atoms with Crippen molar-refractivity contribution in [3.05, 3.63) is 65.5 Å². The maximum absolute atomic E-state index is 13.4. The van der Waals surface area contributed by atoms with Gasteiger partial charge >= 0.3 is 0 Å². The van der Waals surface area contributed by atoms with Crippen molar-refractivity contribution < 1.29 is 22.3 Å². The van der Waals surface area contributed by atoms with Gasteiger partial charge in [0.2, 0.25) is 10.0 Å². The van der Waals surface area contributed by atoms with Crippen molar-refractivity contribution in [2.45, 2.75) is 30.2 Å². The second kappa shape index (κ2) is 10.7. The van der Waals surface area contributed by atoms with E-state index in [4.69, 9.17) is 4.74 Å². The molecule has 2 aromatic rings. The van der Waals surface area contributed by atoms with Gasteiger partial charge in [0.25, 0.3) is 5.91 Å². The van der Waals surface area contributed by atoms with E-state index >= 15 is 0 Å². The third-order valence-corrected chi connectivity index (χ3v) is 8.18. The van der Waals surface area contributed by atoms with Crippen molar-refractivity contribution in [1.29, 1.82) is 0 Å². The average molecular weight is 476 g/mol. The minimum absolute atomic E-state index is 0.114. The molecule has 2 aromatic carbocycles. The second-order valence-electron chi connectivity index (χ2n) is 8.41. The van der Waals surface area contributed by atoms with Crippen LogP contribution in [-0.4, -0.2) is 69.5 Å². The van der Waals surface area contributed by atoms with Gasteiger partial charge in [-0.25, -0.2) is 12.8 Å². The van der Waals surface area contributed by atoms with Crippen molar-refractivity contribution in [3.63, 3.8) is 0 Å². The van der Waals surface area contributed by atoms with Crippen LogP contribution >= 0.6 is 0 Å². The summed E-state index contributed by atoms with van der Waals surface area (Å²) in [7, 11) is -3.53. The average Bonchev–Trinajstić information content (AvgIpc) is 2.86. The fourth-order valence-corrected chi connectivity index (χ4v) is 5.87. The van der Waals surface area contributed by atoms with Crippen LogP contribution in [0.4, 0.5) is 4.39 Å². The molecule has 1 amide bonds. The Labute approximate surface area is 194 Å². The number of piperidine rings is 1. The van der Waals surface area contributed by atoms with Crippen molar-refractivity contribution in [2.24, 2.45) is 0 Å². The maximum Gasteiger partial charge on any atom is 0.251 e. The van der Waals surface area contributed by atoms with Gasteiger partial charge in [0.1, 0.15) is 5.82 Å². The predicted octanol–water partition coefficient (Wildman–Crippen LogP) is 2.80. The van der Waals surface area contributed by atoms with E-state index in [-0.39, 0.29) is 22.7 Å². The van der Waals surface area contributed by atoms with Crippen LogP contribution in [-0.2, 0) is 14.8 Å². The summed E-state index contributed by atoms with van der Waals surface area (Å²) in [5.74, 6) is -0.583. The fraction of sp³-hybridized carbons (Fsp3) is 0.458. The number of morpholine rings is 1. The molecule has 178 valence electrons. The third kappa shape index (κ3) is 5.78. The van der Waals surface area contributed by atoms with E-state index in [2.05, 4.69) is 10.2 Å². The quantitative estimate of drug-likeness (QED) is 0.666. The minimum Gasteiger partial charge on any atom is -0.379 e. The zero-order valence-corrected chi connectivity index (χ0v) is 19.4. The van der Waals surface area contributed by atoms with Crippen LogP contribution in [0.3, 0.4) is 0 Å². The summed E-state index contributed by atoms with van der Waals surface area (Å²) in [6.45, 7) is 4.09. The van der Waals surface area contributed by atoms with E-state index in [0.29, 0.717) is 38.4 Å². The van der Waals surface area contributed by atoms with E-state index in [1.807, 2.05) is 0 Å². The van der Waals surface area contributed by atoms with E-state index in [9.17, 15) is 17.6 Å². The highest BCUT2D eigenvalue weighted by Gasteiger charge is 2.26. The number of hydrogen-bond acceptors (Lipinski definition) is 5. The molecule has 0 aromatic heterocycles. The Morgan fingerprint density at radius 2 is 1.58 bits per heavy atom. The Morgan fingerprint density at radius 3 is 2.21 bits per heavy atom. The normalized spacial score (nSPS) is 19.2. The number of hydrogen-bond donors (Lipinski definition) is 1. The van der Waals surface area contributed by atoms with E-state index in [0.717, 1.165) is 37.9 Å². The molecule has 2 aliphatic heterocycles. The summed E-state index contributed by atoms with van der Waals surface area (Å²) in [6.07, 6.45) is 2.80. The summed E-state index contributed by atoms with van der Waals surface area (Å²) in [5.41, 5.74) is 1.31. The first-order chi connectivity index (χ1) is 15.9. The van der Waals surface area contributed by atoms with Crippen LogP contribution in [0.5, 0.6) is 0 Å². The summed E-state index contributed by atoms with van der Waals surface area (Å²) in [6, 6.07) is 12.3. The topological polar surface area (TPSA) is 79.0 Å². The van der Waals surface area contributed by atoms with Gasteiger partial charge in [0.15, 0.2) is 0 Å². The van der Waals surface area contributed by atoms with E-state index in [1.165, 1.54) is 28.6 Å². The number of carbonyl (C=O) groups is 1. The van der Waals surface area contributed by atoms with Crippen molar-refractivity contribution in [3.8, 4) is 0 Å². The molecule has 2 aliphatic rings. The van der Waals surface area contributed by atoms with Crippen LogP contribution in [0, 0.1) is 5.82 Å². The number of rotatable bonds is 7. The van der Waals surface area contributed by atoms with Gasteiger partial charge in [-0.1, -0.05) is 18.6 Å². The molecule has 0 radical (unpaired) electrons.